The van der Waals surface area contributed by atoms with E-state index in [1.807, 2.05) is 66.9 Å². The highest BCUT2D eigenvalue weighted by Gasteiger charge is 2.31. The quantitative estimate of drug-likeness (QED) is 0.117. The number of nitrogens with two attached hydrogens (primary N) is 1. The van der Waals surface area contributed by atoms with Gasteiger partial charge in [-0.1, -0.05) is 68.3 Å². The summed E-state index contributed by atoms with van der Waals surface area (Å²) in [6.45, 7) is 2.11. The van der Waals surface area contributed by atoms with Gasteiger partial charge in [-0.15, -0.1) is 11.3 Å². The molecule has 3 aromatic rings. The number of hydrogen-bond acceptors (Lipinski definition) is 7. The lowest BCUT2D eigenvalue weighted by Gasteiger charge is -2.31. The van der Waals surface area contributed by atoms with Crippen LogP contribution in [0.5, 0.6) is 0 Å². The van der Waals surface area contributed by atoms with Gasteiger partial charge in [0, 0.05) is 11.1 Å². The number of esters is 1. The van der Waals surface area contributed by atoms with Crippen LogP contribution in [-0.2, 0) is 27.3 Å². The van der Waals surface area contributed by atoms with E-state index in [1.54, 1.807) is 11.3 Å². The van der Waals surface area contributed by atoms with Crippen LogP contribution >= 0.6 is 11.3 Å². The molecule has 0 saturated heterocycles. The van der Waals surface area contributed by atoms with Crippen molar-refractivity contribution in [3.8, 4) is 0 Å². The van der Waals surface area contributed by atoms with Gasteiger partial charge in [0.25, 0.3) is 0 Å². The van der Waals surface area contributed by atoms with E-state index in [-0.39, 0.29) is 12.4 Å². The number of hydrogen-bond donors (Lipinski definition) is 3. The molecule has 1 amide bonds. The molecule has 0 aliphatic heterocycles. The number of carbonyl (C=O) groups is 2. The molecular formula is C26H32N4O4S. The first-order valence-corrected chi connectivity index (χ1v) is 12.4. The average molecular weight is 497 g/mol. The van der Waals surface area contributed by atoms with E-state index in [0.29, 0.717) is 12.8 Å². The highest BCUT2D eigenvalue weighted by Crippen LogP contribution is 2.27. The number of amidine groups is 1. The summed E-state index contributed by atoms with van der Waals surface area (Å²) in [5.41, 5.74) is 1.82. The molecule has 0 aliphatic carbocycles. The van der Waals surface area contributed by atoms with Crippen molar-refractivity contribution in [3.63, 3.8) is 0 Å². The summed E-state index contributed by atoms with van der Waals surface area (Å²) in [6, 6.07) is 15.7. The van der Waals surface area contributed by atoms with Crippen LogP contribution < -0.4 is 11.2 Å². The monoisotopic (exact) mass is 496 g/mol. The number of amides is 1. The summed E-state index contributed by atoms with van der Waals surface area (Å²) in [7, 11) is 1.30. The summed E-state index contributed by atoms with van der Waals surface area (Å²) in [4.78, 5) is 25.1. The second-order valence-electron chi connectivity index (χ2n) is 8.19. The molecule has 186 valence electrons. The van der Waals surface area contributed by atoms with Crippen molar-refractivity contribution in [2.24, 2.45) is 5.84 Å². The minimum absolute atomic E-state index is 0.0940. The molecule has 0 bridgehead atoms. The van der Waals surface area contributed by atoms with Gasteiger partial charge in [0.15, 0.2) is 0 Å². The van der Waals surface area contributed by atoms with Gasteiger partial charge in [-0.05, 0) is 34.4 Å². The molecule has 0 aliphatic rings. The third kappa shape index (κ3) is 7.03. The lowest BCUT2D eigenvalue weighted by molar-refractivity contribution is -0.145. The van der Waals surface area contributed by atoms with E-state index in [0.717, 1.165) is 39.1 Å². The SMILES string of the molecule is CCCC[C@@H](C(=O)OC)N(N)C(=N)[C@H](Cc1csc2ccccc12)NC(=O)OCc1ccccc1. The molecule has 4 N–H and O–H groups in total. The number of nitrogens with one attached hydrogen (secondary N) is 2. The van der Waals surface area contributed by atoms with E-state index in [4.69, 9.17) is 20.7 Å². The Morgan fingerprint density at radius 1 is 1.14 bits per heavy atom. The Labute approximate surface area is 209 Å². The number of thiophene rings is 1. The molecule has 2 aromatic carbocycles. The Kier molecular flexibility index (Phi) is 9.63. The largest absolute Gasteiger partial charge is 0.467 e. The van der Waals surface area contributed by atoms with Crippen LogP contribution in [0.1, 0.15) is 37.3 Å². The second kappa shape index (κ2) is 12.9. The number of carbonyl (C=O) groups excluding carboxylic acids is 2. The first kappa shape index (κ1) is 26.2. The smallest absolute Gasteiger partial charge is 0.408 e. The van der Waals surface area contributed by atoms with Crippen molar-refractivity contribution in [2.75, 3.05) is 7.11 Å². The predicted molar refractivity (Wildman–Crippen MR) is 138 cm³/mol. The van der Waals surface area contributed by atoms with Crippen LogP contribution in [0.15, 0.2) is 60.0 Å². The number of ether oxygens (including phenoxy) is 2. The van der Waals surface area contributed by atoms with Gasteiger partial charge in [0.05, 0.1) is 13.2 Å². The van der Waals surface area contributed by atoms with Crippen LogP contribution in [0.3, 0.4) is 0 Å². The molecule has 0 saturated carbocycles. The standard InChI is InChI=1S/C26H32N4O4S/c1-3-4-13-22(25(31)33-2)30(28)24(27)21(15-19-17-35-23-14-9-8-12-20(19)23)29-26(32)34-16-18-10-6-5-7-11-18/h5-12,14,17,21-22,27H,3-4,13,15-16,28H2,1-2H3,(H,29,32)/t21-,22-/m0/s1. The molecule has 0 radical (unpaired) electrons. The van der Waals surface area contributed by atoms with Gasteiger partial charge in [-0.25, -0.2) is 15.4 Å². The van der Waals surface area contributed by atoms with Gasteiger partial charge in [-0.3, -0.25) is 10.4 Å². The number of fused-ring (bicyclic) bond motifs is 1. The Hall–Kier alpha value is -3.43. The minimum atomic E-state index is -0.823. The van der Waals surface area contributed by atoms with E-state index in [1.165, 1.54) is 7.11 Å². The summed E-state index contributed by atoms with van der Waals surface area (Å²) >= 11 is 1.59. The van der Waals surface area contributed by atoms with Gasteiger partial charge in [-0.2, -0.15) is 0 Å². The highest BCUT2D eigenvalue weighted by molar-refractivity contribution is 7.17. The van der Waals surface area contributed by atoms with Gasteiger partial charge in [0.2, 0.25) is 0 Å². The lowest BCUT2D eigenvalue weighted by Crippen LogP contribution is -2.57. The molecule has 2 atom stereocenters. The van der Waals surface area contributed by atoms with Crippen molar-refractivity contribution in [1.82, 2.24) is 10.3 Å². The molecular weight excluding hydrogens is 464 g/mol. The molecule has 35 heavy (non-hydrogen) atoms. The van der Waals surface area contributed by atoms with Crippen LogP contribution in [-0.4, -0.2) is 42.1 Å². The maximum atomic E-state index is 12.7. The van der Waals surface area contributed by atoms with Crippen LogP contribution in [0.2, 0.25) is 0 Å². The van der Waals surface area contributed by atoms with E-state index in [2.05, 4.69) is 5.32 Å². The third-order valence-corrected chi connectivity index (χ3v) is 6.75. The topological polar surface area (TPSA) is 118 Å². The number of unbranched alkanes of at least 4 members (excludes halogenated alkanes) is 1. The zero-order valence-corrected chi connectivity index (χ0v) is 20.8. The maximum absolute atomic E-state index is 12.7. The van der Waals surface area contributed by atoms with Crippen molar-refractivity contribution < 1.29 is 19.1 Å². The molecule has 9 heteroatoms. The maximum Gasteiger partial charge on any atom is 0.408 e. The normalized spacial score (nSPS) is 12.5. The Bertz CT molecular complexity index is 1130. The van der Waals surface area contributed by atoms with Crippen LogP contribution in [0, 0.1) is 5.41 Å². The van der Waals surface area contributed by atoms with Gasteiger partial charge < -0.3 is 14.8 Å². The first-order valence-electron chi connectivity index (χ1n) is 11.6. The summed E-state index contributed by atoms with van der Waals surface area (Å²) < 4.78 is 11.4. The first-order chi connectivity index (χ1) is 16.9. The lowest BCUT2D eigenvalue weighted by atomic mass is 10.0. The summed E-state index contributed by atoms with van der Waals surface area (Å²) in [5.74, 6) is 5.67. The fourth-order valence-corrected chi connectivity index (χ4v) is 4.76. The zero-order valence-electron chi connectivity index (χ0n) is 20.0. The van der Waals surface area contributed by atoms with E-state index < -0.39 is 24.1 Å². The average Bonchev–Trinajstić information content (AvgIpc) is 3.29. The highest BCUT2D eigenvalue weighted by atomic mass is 32.1. The number of alkyl carbamates (subject to hydrolysis) is 1. The number of nitrogens with zero attached hydrogens (tertiary/aromatic N) is 1. The summed E-state index contributed by atoms with van der Waals surface area (Å²) in [6.07, 6.45) is 1.70. The predicted octanol–water partition coefficient (Wildman–Crippen LogP) is 4.62. The molecule has 0 unspecified atom stereocenters. The molecule has 1 heterocycles. The Morgan fingerprint density at radius 3 is 2.57 bits per heavy atom. The second-order valence-corrected chi connectivity index (χ2v) is 9.10. The van der Waals surface area contributed by atoms with Crippen molar-refractivity contribution in [2.45, 2.75) is 51.3 Å². The number of benzene rings is 2. The van der Waals surface area contributed by atoms with Gasteiger partial charge in [0.1, 0.15) is 18.5 Å². The van der Waals surface area contributed by atoms with Crippen molar-refractivity contribution in [3.05, 3.63) is 71.1 Å². The van der Waals surface area contributed by atoms with Crippen molar-refractivity contribution in [1.29, 1.82) is 5.41 Å². The Balaban J connectivity index is 1.80. The number of hydrazine groups is 1. The molecule has 0 fully saturated rings. The van der Waals surface area contributed by atoms with Crippen molar-refractivity contribution >= 4 is 39.3 Å². The fourth-order valence-electron chi connectivity index (χ4n) is 3.79. The number of rotatable bonds is 11. The van der Waals surface area contributed by atoms with E-state index >= 15 is 0 Å². The molecule has 8 nitrogen and oxygen atoms in total. The summed E-state index contributed by atoms with van der Waals surface area (Å²) in [5, 5.41) is 15.8. The fraction of sp³-hybridized carbons (Fsp3) is 0.346. The molecule has 1 aromatic heterocycles. The number of methoxy groups -OCH3 is 1. The van der Waals surface area contributed by atoms with Crippen LogP contribution in [0.25, 0.3) is 10.1 Å². The molecule has 0 spiro atoms. The van der Waals surface area contributed by atoms with Gasteiger partial charge >= 0.3 is 12.1 Å². The Morgan fingerprint density at radius 2 is 1.86 bits per heavy atom. The molecule has 3 rings (SSSR count). The minimum Gasteiger partial charge on any atom is -0.467 e. The zero-order chi connectivity index (χ0) is 25.2. The van der Waals surface area contributed by atoms with E-state index in [9.17, 15) is 9.59 Å². The van der Waals surface area contributed by atoms with Crippen LogP contribution in [0.4, 0.5) is 4.79 Å². The third-order valence-electron chi connectivity index (χ3n) is 5.74.